The molecule has 0 aliphatic rings. The van der Waals surface area contributed by atoms with Gasteiger partial charge in [0, 0.05) is 11.8 Å². The second kappa shape index (κ2) is 7.55. The molecule has 0 atom stereocenters. The molecule has 108 valence electrons. The van der Waals surface area contributed by atoms with Crippen molar-refractivity contribution in [2.45, 2.75) is 58.3 Å². The molecule has 1 amide bonds. The molecule has 0 aliphatic carbocycles. The fourth-order valence-electron chi connectivity index (χ4n) is 1.54. The lowest BCUT2D eigenvalue weighted by atomic mass is 9.98. The van der Waals surface area contributed by atoms with Crippen LogP contribution in [0.3, 0.4) is 0 Å². The lowest BCUT2D eigenvalue weighted by Gasteiger charge is -2.12. The van der Waals surface area contributed by atoms with E-state index in [0.717, 1.165) is 37.2 Å². The van der Waals surface area contributed by atoms with Crippen LogP contribution in [0.15, 0.2) is 0 Å². The van der Waals surface area contributed by atoms with Crippen molar-refractivity contribution in [3.8, 4) is 0 Å². The van der Waals surface area contributed by atoms with Crippen molar-refractivity contribution in [1.82, 2.24) is 10.2 Å². The standard InChI is InChI=1S/C13H24N4OS/c1-13(2,3)11-16-17-12(19-11)15-10(18)8-6-4-5-7-9-14/h4-9,14H2,1-3H3,(H,15,17,18). The Balaban J connectivity index is 2.30. The molecule has 1 heterocycles. The molecule has 0 bridgehead atoms. The van der Waals surface area contributed by atoms with Gasteiger partial charge in [-0.1, -0.05) is 44.9 Å². The second-order valence-electron chi connectivity index (χ2n) is 5.66. The van der Waals surface area contributed by atoms with E-state index in [1.54, 1.807) is 0 Å². The number of anilines is 1. The monoisotopic (exact) mass is 284 g/mol. The third kappa shape index (κ3) is 6.11. The number of amides is 1. The summed E-state index contributed by atoms with van der Waals surface area (Å²) in [4.78, 5) is 11.7. The molecule has 5 nitrogen and oxygen atoms in total. The first kappa shape index (κ1) is 16.0. The van der Waals surface area contributed by atoms with Crippen molar-refractivity contribution < 1.29 is 4.79 Å². The second-order valence-corrected chi connectivity index (χ2v) is 6.64. The van der Waals surface area contributed by atoms with Crippen LogP contribution in [0.25, 0.3) is 0 Å². The molecule has 1 aromatic heterocycles. The van der Waals surface area contributed by atoms with Crippen LogP contribution in [0.4, 0.5) is 5.13 Å². The highest BCUT2D eigenvalue weighted by molar-refractivity contribution is 7.15. The van der Waals surface area contributed by atoms with E-state index in [2.05, 4.69) is 36.3 Å². The predicted octanol–water partition coefficient (Wildman–Crippen LogP) is 2.68. The minimum Gasteiger partial charge on any atom is -0.330 e. The van der Waals surface area contributed by atoms with Crippen molar-refractivity contribution in [2.24, 2.45) is 5.73 Å². The number of nitrogens with one attached hydrogen (secondary N) is 1. The molecular formula is C13H24N4OS. The highest BCUT2D eigenvalue weighted by atomic mass is 32.1. The molecular weight excluding hydrogens is 260 g/mol. The van der Waals surface area contributed by atoms with E-state index in [-0.39, 0.29) is 11.3 Å². The lowest BCUT2D eigenvalue weighted by molar-refractivity contribution is -0.116. The molecule has 1 aromatic rings. The zero-order valence-electron chi connectivity index (χ0n) is 12.0. The van der Waals surface area contributed by atoms with Crippen molar-refractivity contribution >= 4 is 22.4 Å². The summed E-state index contributed by atoms with van der Waals surface area (Å²) < 4.78 is 0. The number of rotatable bonds is 7. The molecule has 0 radical (unpaired) electrons. The van der Waals surface area contributed by atoms with Gasteiger partial charge in [0.2, 0.25) is 11.0 Å². The number of hydrogen-bond acceptors (Lipinski definition) is 5. The van der Waals surface area contributed by atoms with E-state index < -0.39 is 0 Å². The third-order valence-corrected chi connectivity index (χ3v) is 3.94. The van der Waals surface area contributed by atoms with E-state index in [9.17, 15) is 4.79 Å². The predicted molar refractivity (Wildman–Crippen MR) is 79.4 cm³/mol. The topological polar surface area (TPSA) is 80.9 Å². The highest BCUT2D eigenvalue weighted by Gasteiger charge is 2.19. The van der Waals surface area contributed by atoms with E-state index in [0.29, 0.717) is 11.6 Å². The van der Waals surface area contributed by atoms with Gasteiger partial charge in [0.1, 0.15) is 5.01 Å². The third-order valence-electron chi connectivity index (χ3n) is 2.67. The van der Waals surface area contributed by atoms with Crippen LogP contribution in [-0.2, 0) is 10.2 Å². The summed E-state index contributed by atoms with van der Waals surface area (Å²) in [6, 6.07) is 0. The van der Waals surface area contributed by atoms with Crippen LogP contribution in [-0.4, -0.2) is 22.6 Å². The summed E-state index contributed by atoms with van der Waals surface area (Å²) in [5.74, 6) is 0.0179. The number of nitrogens with two attached hydrogens (primary N) is 1. The Labute approximate surface area is 119 Å². The van der Waals surface area contributed by atoms with E-state index in [4.69, 9.17) is 5.73 Å². The Bertz CT molecular complexity index is 398. The normalized spacial score (nSPS) is 11.6. The van der Waals surface area contributed by atoms with Crippen molar-refractivity contribution in [1.29, 1.82) is 0 Å². The van der Waals surface area contributed by atoms with Crippen molar-refractivity contribution in [3.05, 3.63) is 5.01 Å². The first-order valence-corrected chi connectivity index (χ1v) is 7.59. The summed E-state index contributed by atoms with van der Waals surface area (Å²) in [6.45, 7) is 6.97. The van der Waals surface area contributed by atoms with Crippen LogP contribution in [0.5, 0.6) is 0 Å². The first-order chi connectivity index (χ1) is 8.93. The van der Waals surface area contributed by atoms with Crippen LogP contribution in [0, 0.1) is 0 Å². The van der Waals surface area contributed by atoms with Crippen molar-refractivity contribution in [2.75, 3.05) is 11.9 Å². The van der Waals surface area contributed by atoms with E-state index >= 15 is 0 Å². The number of unbranched alkanes of at least 4 members (excludes halogenated alkanes) is 3. The van der Waals surface area contributed by atoms with Crippen molar-refractivity contribution in [3.63, 3.8) is 0 Å². The van der Waals surface area contributed by atoms with Gasteiger partial charge in [-0.25, -0.2) is 0 Å². The molecule has 0 fully saturated rings. The van der Waals surface area contributed by atoms with Crippen LogP contribution < -0.4 is 11.1 Å². The molecule has 0 spiro atoms. The van der Waals surface area contributed by atoms with Gasteiger partial charge in [-0.15, -0.1) is 10.2 Å². The van der Waals surface area contributed by atoms with Gasteiger partial charge in [0.25, 0.3) is 0 Å². The van der Waals surface area contributed by atoms with Gasteiger partial charge in [0.15, 0.2) is 0 Å². The molecule has 0 aliphatic heterocycles. The molecule has 0 saturated carbocycles. The van der Waals surface area contributed by atoms with Crippen LogP contribution in [0.1, 0.15) is 57.9 Å². The molecule has 0 aromatic carbocycles. The number of carbonyl (C=O) groups excluding carboxylic acids is 1. The van der Waals surface area contributed by atoms with E-state index in [1.165, 1.54) is 11.3 Å². The van der Waals surface area contributed by atoms with Gasteiger partial charge in [0.05, 0.1) is 0 Å². The summed E-state index contributed by atoms with van der Waals surface area (Å²) in [5, 5.41) is 12.4. The molecule has 1 rings (SSSR count). The molecule has 6 heteroatoms. The average molecular weight is 284 g/mol. The number of hydrogen-bond donors (Lipinski definition) is 2. The van der Waals surface area contributed by atoms with Crippen LogP contribution in [0.2, 0.25) is 0 Å². The molecule has 0 saturated heterocycles. The minimum absolute atomic E-state index is 0.0179. The number of nitrogens with zero attached hydrogens (tertiary/aromatic N) is 2. The lowest BCUT2D eigenvalue weighted by Crippen LogP contribution is -2.11. The van der Waals surface area contributed by atoms with Crippen LogP contribution >= 0.6 is 11.3 Å². The molecule has 19 heavy (non-hydrogen) atoms. The summed E-state index contributed by atoms with van der Waals surface area (Å²) in [5.41, 5.74) is 5.39. The fraction of sp³-hybridized carbons (Fsp3) is 0.769. The Morgan fingerprint density at radius 2 is 1.89 bits per heavy atom. The quantitative estimate of drug-likeness (QED) is 0.754. The summed E-state index contributed by atoms with van der Waals surface area (Å²) in [6.07, 6.45) is 4.61. The maximum absolute atomic E-state index is 11.7. The Kier molecular flexibility index (Phi) is 6.37. The van der Waals surface area contributed by atoms with Gasteiger partial charge < -0.3 is 11.1 Å². The van der Waals surface area contributed by atoms with E-state index in [1.807, 2.05) is 0 Å². The maximum Gasteiger partial charge on any atom is 0.226 e. The Hall–Kier alpha value is -1.01. The summed E-state index contributed by atoms with van der Waals surface area (Å²) >= 11 is 1.44. The Morgan fingerprint density at radius 1 is 1.21 bits per heavy atom. The number of carbonyl (C=O) groups is 1. The van der Waals surface area contributed by atoms with Gasteiger partial charge in [-0.05, 0) is 19.4 Å². The first-order valence-electron chi connectivity index (χ1n) is 6.77. The van der Waals surface area contributed by atoms with Gasteiger partial charge in [-0.2, -0.15) is 0 Å². The number of aromatic nitrogens is 2. The van der Waals surface area contributed by atoms with Gasteiger partial charge >= 0.3 is 0 Å². The largest absolute Gasteiger partial charge is 0.330 e. The summed E-state index contributed by atoms with van der Waals surface area (Å²) in [7, 11) is 0. The molecule has 3 N–H and O–H groups in total. The molecule has 0 unspecified atom stereocenters. The fourth-order valence-corrected chi connectivity index (χ4v) is 2.36. The minimum atomic E-state index is -0.0249. The smallest absolute Gasteiger partial charge is 0.226 e. The Morgan fingerprint density at radius 3 is 2.47 bits per heavy atom. The van der Waals surface area contributed by atoms with Gasteiger partial charge in [-0.3, -0.25) is 4.79 Å². The zero-order valence-corrected chi connectivity index (χ0v) is 12.8. The maximum atomic E-state index is 11.7. The highest BCUT2D eigenvalue weighted by Crippen LogP contribution is 2.27. The zero-order chi connectivity index (χ0) is 14.3. The average Bonchev–Trinajstić information content (AvgIpc) is 2.77. The SMILES string of the molecule is CC(C)(C)c1nnc(NC(=O)CCCCCCN)s1.